The second kappa shape index (κ2) is 27.2. The lowest BCUT2D eigenvalue weighted by atomic mass is 9.33. The molecule has 0 saturated heterocycles. The Balaban J connectivity index is 1.08. The monoisotopic (exact) mass is 1450 g/mol. The van der Waals surface area contributed by atoms with Gasteiger partial charge in [-0.1, -0.05) is 322 Å². The van der Waals surface area contributed by atoms with Crippen molar-refractivity contribution in [3.8, 4) is 95.7 Å². The first-order valence-corrected chi connectivity index (χ1v) is 39.5. The van der Waals surface area contributed by atoms with Gasteiger partial charge in [-0.15, -0.1) is 0 Å². The maximum Gasteiger partial charge on any atom is 0.252 e. The number of hydrogen-bond donors (Lipinski definition) is 0. The van der Waals surface area contributed by atoms with E-state index in [2.05, 4.69) is 403 Å². The third-order valence-electron chi connectivity index (χ3n) is 23.4. The number of aromatic nitrogens is 1. The van der Waals surface area contributed by atoms with Crippen LogP contribution in [0.3, 0.4) is 0 Å². The van der Waals surface area contributed by atoms with Crippen molar-refractivity contribution in [3.63, 3.8) is 0 Å². The second-order valence-corrected chi connectivity index (χ2v) is 36.0. The molecule has 2 aliphatic heterocycles. The largest absolute Gasteiger partial charge is 0.310 e. The predicted octanol–water partition coefficient (Wildman–Crippen LogP) is 26.8. The molecule has 0 saturated carbocycles. The third kappa shape index (κ3) is 12.7. The van der Waals surface area contributed by atoms with Crippen molar-refractivity contribution in [2.75, 3.05) is 9.80 Å². The van der Waals surface area contributed by atoms with Crippen molar-refractivity contribution in [1.29, 1.82) is 10.5 Å². The molecule has 15 aromatic rings. The van der Waals surface area contributed by atoms with Crippen LogP contribution in [0.5, 0.6) is 0 Å². The van der Waals surface area contributed by atoms with Gasteiger partial charge in [0.15, 0.2) is 0 Å². The molecule has 5 nitrogen and oxygen atoms in total. The number of hydrogen-bond acceptors (Lipinski definition) is 4. The second-order valence-electron chi connectivity index (χ2n) is 36.0. The minimum atomic E-state index is -0.409. The van der Waals surface area contributed by atoms with Crippen molar-refractivity contribution >= 4 is 79.0 Å². The van der Waals surface area contributed by atoms with Gasteiger partial charge in [-0.2, -0.15) is 10.5 Å². The van der Waals surface area contributed by atoms with Gasteiger partial charge < -0.3 is 14.4 Å². The van der Waals surface area contributed by atoms with Crippen molar-refractivity contribution in [2.24, 2.45) is 0 Å². The summed E-state index contributed by atoms with van der Waals surface area (Å²) in [5.41, 5.74) is 33.9. The molecule has 0 bridgehead atoms. The Kier molecular flexibility index (Phi) is 17.6. The van der Waals surface area contributed by atoms with Crippen LogP contribution < -0.4 is 26.2 Å². The van der Waals surface area contributed by atoms with E-state index in [9.17, 15) is 10.5 Å². The van der Waals surface area contributed by atoms with Gasteiger partial charge in [-0.3, -0.25) is 0 Å². The average molecular weight is 1450 g/mol. The number of para-hydroxylation sites is 2. The molecule has 1 aromatic heterocycles. The van der Waals surface area contributed by atoms with E-state index < -0.39 is 5.41 Å². The summed E-state index contributed by atoms with van der Waals surface area (Å²) in [4.78, 5) is 5.33. The summed E-state index contributed by atoms with van der Waals surface area (Å²) >= 11 is 0. The first-order valence-electron chi connectivity index (χ1n) is 39.5. The summed E-state index contributed by atoms with van der Waals surface area (Å²) in [6, 6.07) is 116. The highest BCUT2D eigenvalue weighted by atomic mass is 15.2. The van der Waals surface area contributed by atoms with Crippen LogP contribution in [0.2, 0.25) is 0 Å². The topological polar surface area (TPSA) is 59.0 Å². The smallest absolute Gasteiger partial charge is 0.252 e. The van der Waals surface area contributed by atoms with Crippen LogP contribution >= 0.6 is 0 Å². The van der Waals surface area contributed by atoms with Crippen LogP contribution in [0.15, 0.2) is 297 Å². The molecule has 546 valence electrons. The van der Waals surface area contributed by atoms with E-state index in [4.69, 9.17) is 0 Å². The predicted molar refractivity (Wildman–Crippen MR) is 476 cm³/mol. The molecule has 17 rings (SSSR count). The van der Waals surface area contributed by atoms with E-state index in [1.807, 2.05) is 24.3 Å². The van der Waals surface area contributed by atoms with Crippen molar-refractivity contribution < 1.29 is 0 Å². The fraction of sp³-hybridized carbons (Fsp3) is 0.189. The zero-order valence-corrected chi connectivity index (χ0v) is 67.1. The molecule has 0 atom stereocenters. The molecule has 6 heteroatoms. The maximum absolute atomic E-state index is 11.1. The fourth-order valence-electron chi connectivity index (χ4n) is 17.2. The number of nitrogens with zero attached hydrogens (tertiary/aromatic N) is 5. The van der Waals surface area contributed by atoms with Crippen LogP contribution in [0, 0.1) is 22.7 Å². The molecule has 0 unspecified atom stereocenters. The summed E-state index contributed by atoms with van der Waals surface area (Å²) in [6.45, 7) is 34.5. The Hall–Kier alpha value is -12.5. The van der Waals surface area contributed by atoms with E-state index in [1.165, 1.54) is 55.1 Å². The zero-order chi connectivity index (χ0) is 78.1. The van der Waals surface area contributed by atoms with Crippen LogP contribution in [0.25, 0.3) is 105 Å². The van der Waals surface area contributed by atoms with Crippen LogP contribution in [0.1, 0.15) is 143 Å². The summed E-state index contributed by atoms with van der Waals surface area (Å²) in [6.07, 6.45) is 0. The van der Waals surface area contributed by atoms with E-state index in [1.54, 1.807) is 0 Å². The van der Waals surface area contributed by atoms with Gasteiger partial charge in [0.1, 0.15) is 0 Å². The molecule has 0 N–H and O–H groups in total. The number of rotatable bonds is 10. The minimum Gasteiger partial charge on any atom is -0.310 e. The standard InChI is InChI=1S/C106H94BN5/c1-102(2,3)77-47-42-69(43-48-77)89-58-75(83-36-24-22-34-72(83)65-108)56-87(67-30-18-16-19-31-67)100(89)111-95-53-46-71(74-54-79(104(7,8)9)61-80(55-74)105(10,11)12)60-92(95)107-91-52-51-82(110-93-40-28-26-38-85(93)86-39-27-29-41-94(86)110)64-96(91)112(98-63-81(106(13,14)15)62-97(111)99(98)107)101-88(68-32-20-17-21-33-68)57-76(84-37-25-23-35-73(84)66-109)59-90(101)70-44-49-78(50-45-70)103(4,5)6/h16-64H,1-15H3. The molecule has 0 fully saturated rings. The van der Waals surface area contributed by atoms with Gasteiger partial charge in [0.25, 0.3) is 6.71 Å². The first kappa shape index (κ1) is 72.4. The van der Waals surface area contributed by atoms with Gasteiger partial charge in [0.2, 0.25) is 0 Å². The zero-order valence-electron chi connectivity index (χ0n) is 67.1. The molecule has 14 aromatic carbocycles. The molecular weight excluding hydrogens is 1350 g/mol. The Morgan fingerprint density at radius 2 is 0.634 bits per heavy atom. The lowest BCUT2D eigenvalue weighted by molar-refractivity contribution is 0.569. The van der Waals surface area contributed by atoms with Crippen LogP contribution in [-0.2, 0) is 27.1 Å². The Morgan fingerprint density at radius 3 is 1.06 bits per heavy atom. The van der Waals surface area contributed by atoms with E-state index in [-0.39, 0.29) is 28.4 Å². The average Bonchev–Trinajstić information content (AvgIpc) is 0.762. The number of nitriles is 2. The fourth-order valence-corrected chi connectivity index (χ4v) is 17.2. The van der Waals surface area contributed by atoms with Gasteiger partial charge in [-0.05, 0) is 206 Å². The highest BCUT2D eigenvalue weighted by Gasteiger charge is 2.47. The van der Waals surface area contributed by atoms with Gasteiger partial charge in [-0.25, -0.2) is 0 Å². The van der Waals surface area contributed by atoms with Gasteiger partial charge in [0, 0.05) is 61.5 Å². The summed E-state index contributed by atoms with van der Waals surface area (Å²) in [5, 5.41) is 24.5. The minimum absolute atomic E-state index is 0.112. The molecule has 0 amide bonds. The number of benzene rings is 14. The molecule has 112 heavy (non-hydrogen) atoms. The molecule has 2 aliphatic rings. The first-order chi connectivity index (χ1) is 53.6. The van der Waals surface area contributed by atoms with Gasteiger partial charge in [0.05, 0.1) is 45.7 Å². The number of anilines is 6. The quantitative estimate of drug-likeness (QED) is 0.128. The highest BCUT2D eigenvalue weighted by molar-refractivity contribution is 7.00. The SMILES string of the molecule is CC(C)(C)c1ccc(-c2cc(-c3ccccc3C#N)cc(-c3ccccc3)c2N2c3ccc(-c4cc(C(C)(C)C)cc(C(C)(C)C)c4)cc3B3c4ccc(-n5c6ccccc6c6ccccc65)cc4N(c4c(-c5ccccc5)cc(-c5ccccc5C#N)cc4-c4ccc(C(C)(C)C)cc4)c4cc(C(C)(C)C)cc2c43)cc1. The van der Waals surface area contributed by atoms with Crippen molar-refractivity contribution in [3.05, 3.63) is 336 Å². The molecule has 3 heterocycles. The summed E-state index contributed by atoms with van der Waals surface area (Å²) < 4.78 is 2.48. The maximum atomic E-state index is 11.1. The van der Waals surface area contributed by atoms with E-state index in [0.29, 0.717) is 11.1 Å². The lowest BCUT2D eigenvalue weighted by Crippen LogP contribution is -2.61. The Bertz CT molecular complexity index is 6260. The summed E-state index contributed by atoms with van der Waals surface area (Å²) in [7, 11) is 0. The lowest BCUT2D eigenvalue weighted by Gasteiger charge is -2.46. The third-order valence-corrected chi connectivity index (χ3v) is 23.4. The molecule has 0 spiro atoms. The van der Waals surface area contributed by atoms with E-state index in [0.717, 1.165) is 129 Å². The molecular formula is C106H94BN5. The van der Waals surface area contributed by atoms with E-state index >= 15 is 0 Å². The molecule has 0 aliphatic carbocycles. The Morgan fingerprint density at radius 1 is 0.259 bits per heavy atom. The highest BCUT2D eigenvalue weighted by Crippen LogP contribution is 2.56. The summed E-state index contributed by atoms with van der Waals surface area (Å²) in [5.74, 6) is 0. The molecule has 0 radical (unpaired) electrons. The van der Waals surface area contributed by atoms with Crippen molar-refractivity contribution in [1.82, 2.24) is 4.57 Å². The van der Waals surface area contributed by atoms with Crippen LogP contribution in [0.4, 0.5) is 34.1 Å². The Labute approximate surface area is 662 Å². The van der Waals surface area contributed by atoms with Gasteiger partial charge >= 0.3 is 0 Å². The van der Waals surface area contributed by atoms with Crippen LogP contribution in [-0.4, -0.2) is 11.3 Å². The van der Waals surface area contributed by atoms with Crippen molar-refractivity contribution in [2.45, 2.75) is 131 Å². The normalized spacial score (nSPS) is 12.9. The number of fused-ring (bicyclic) bond motifs is 7.